The fraction of sp³-hybridized carbons (Fsp3) is 0.316. The van der Waals surface area contributed by atoms with E-state index < -0.39 is 12.7 Å². The van der Waals surface area contributed by atoms with Crippen LogP contribution in [0.25, 0.3) is 0 Å². The second-order valence-corrected chi connectivity index (χ2v) is 9.28. The van der Waals surface area contributed by atoms with E-state index in [0.717, 1.165) is 23.5 Å². The molecule has 1 aliphatic heterocycles. The van der Waals surface area contributed by atoms with Gasteiger partial charge in [0.15, 0.2) is 5.78 Å². The second-order valence-electron chi connectivity index (χ2n) is 6.45. The minimum absolute atomic E-state index is 0.170. The van der Waals surface area contributed by atoms with Gasteiger partial charge in [0.25, 0.3) is 0 Å². The van der Waals surface area contributed by atoms with E-state index in [1.807, 2.05) is 60.7 Å². The molecular weight excluding hydrogens is 307 g/mol. The first-order valence-electron chi connectivity index (χ1n) is 8.05. The molecule has 23 heavy (non-hydrogen) atoms. The number of carbonyl (C=O) groups is 1. The van der Waals surface area contributed by atoms with E-state index in [1.165, 1.54) is 0 Å². The van der Waals surface area contributed by atoms with Crippen LogP contribution in [0.1, 0.15) is 19.3 Å². The van der Waals surface area contributed by atoms with Gasteiger partial charge in [-0.15, -0.1) is 0 Å². The number of ether oxygens (including phenoxy) is 1. The molecule has 2 fully saturated rings. The molecule has 0 N–H and O–H groups in total. The third kappa shape index (κ3) is 2.49. The van der Waals surface area contributed by atoms with Crippen LogP contribution in [-0.4, -0.2) is 23.7 Å². The number of carbonyl (C=O) groups excluding carboxylic acids is 1. The van der Waals surface area contributed by atoms with Crippen molar-refractivity contribution in [3.63, 3.8) is 0 Å². The molecule has 2 aromatic rings. The third-order valence-corrected chi connectivity index (χ3v) is 8.17. The van der Waals surface area contributed by atoms with Crippen LogP contribution in [0.15, 0.2) is 60.7 Å². The van der Waals surface area contributed by atoms with Gasteiger partial charge >= 0.3 is 0 Å². The van der Waals surface area contributed by atoms with Gasteiger partial charge in [0.05, 0.1) is 0 Å². The Morgan fingerprint density at radius 1 is 1.00 bits per heavy atom. The van der Waals surface area contributed by atoms with Crippen molar-refractivity contribution in [2.45, 2.75) is 31.0 Å². The van der Waals surface area contributed by atoms with Crippen LogP contribution in [0.3, 0.4) is 0 Å². The number of rotatable bonds is 4. The molecule has 1 heterocycles. The van der Waals surface area contributed by atoms with Crippen molar-refractivity contribution < 1.29 is 14.1 Å². The lowest BCUT2D eigenvalue weighted by molar-refractivity contribution is -0.120. The molecule has 0 aromatic heterocycles. The smallest absolute Gasteiger partial charge is 0.164 e. The summed E-state index contributed by atoms with van der Waals surface area (Å²) in [6.45, 7) is 0. The Morgan fingerprint density at radius 2 is 1.57 bits per heavy atom. The summed E-state index contributed by atoms with van der Waals surface area (Å²) in [6.07, 6.45) is 2.33. The predicted octanol–water partition coefficient (Wildman–Crippen LogP) is 2.89. The van der Waals surface area contributed by atoms with E-state index in [0.29, 0.717) is 12.6 Å². The van der Waals surface area contributed by atoms with Gasteiger partial charge in [-0.3, -0.25) is 4.79 Å². The molecule has 0 bridgehead atoms. The molecule has 4 heteroatoms. The summed E-state index contributed by atoms with van der Waals surface area (Å²) in [4.78, 5) is 12.0. The normalized spacial score (nSPS) is 26.6. The van der Waals surface area contributed by atoms with Gasteiger partial charge in [0.1, 0.15) is 18.8 Å². The maximum atomic E-state index is 14.0. The van der Waals surface area contributed by atoms with Crippen LogP contribution >= 0.6 is 7.14 Å². The van der Waals surface area contributed by atoms with E-state index in [4.69, 9.17) is 4.74 Å². The van der Waals surface area contributed by atoms with Gasteiger partial charge in [-0.05, 0) is 12.8 Å². The quantitative estimate of drug-likeness (QED) is 0.641. The summed E-state index contributed by atoms with van der Waals surface area (Å²) in [5.41, 5.74) is -0.503. The number of benzene rings is 2. The van der Waals surface area contributed by atoms with Gasteiger partial charge in [0, 0.05) is 23.2 Å². The number of Topliss-reactive ketones (excluding diaryl/α,β-unsaturated/α-hetero) is 1. The maximum Gasteiger partial charge on any atom is 0.164 e. The van der Waals surface area contributed by atoms with Crippen molar-refractivity contribution in [1.82, 2.24) is 0 Å². The monoisotopic (exact) mass is 326 g/mol. The summed E-state index contributed by atoms with van der Waals surface area (Å²) < 4.78 is 19.8. The molecule has 1 aliphatic carbocycles. The molecule has 0 spiro atoms. The molecule has 2 aromatic carbocycles. The van der Waals surface area contributed by atoms with Crippen LogP contribution in [0.2, 0.25) is 0 Å². The van der Waals surface area contributed by atoms with Crippen LogP contribution in [-0.2, 0) is 14.1 Å². The lowest BCUT2D eigenvalue weighted by Crippen LogP contribution is -2.33. The van der Waals surface area contributed by atoms with Crippen molar-refractivity contribution in [1.29, 1.82) is 0 Å². The van der Waals surface area contributed by atoms with Crippen LogP contribution in [0, 0.1) is 0 Å². The third-order valence-electron chi connectivity index (χ3n) is 4.93. The molecule has 0 amide bonds. The summed E-state index contributed by atoms with van der Waals surface area (Å²) in [6, 6.07) is 19.2. The number of epoxide rings is 1. The summed E-state index contributed by atoms with van der Waals surface area (Å²) in [5.74, 6) is 0.170. The van der Waals surface area contributed by atoms with Crippen LogP contribution in [0.4, 0.5) is 0 Å². The van der Waals surface area contributed by atoms with Crippen LogP contribution < -0.4 is 10.6 Å². The van der Waals surface area contributed by atoms with Gasteiger partial charge in [0.2, 0.25) is 0 Å². The first kappa shape index (κ1) is 14.9. The molecular formula is C19H19O3P. The van der Waals surface area contributed by atoms with E-state index in [2.05, 4.69) is 0 Å². The topological polar surface area (TPSA) is 46.7 Å². The fourth-order valence-corrected chi connectivity index (χ4v) is 6.81. The zero-order valence-electron chi connectivity index (χ0n) is 12.9. The zero-order chi connectivity index (χ0) is 15.9. The van der Waals surface area contributed by atoms with Crippen molar-refractivity contribution in [2.24, 2.45) is 0 Å². The highest BCUT2D eigenvalue weighted by molar-refractivity contribution is 7.78. The van der Waals surface area contributed by atoms with Gasteiger partial charge in [-0.25, -0.2) is 0 Å². The van der Waals surface area contributed by atoms with Gasteiger partial charge < -0.3 is 9.30 Å². The zero-order valence-corrected chi connectivity index (χ0v) is 13.7. The molecule has 3 nitrogen and oxygen atoms in total. The predicted molar refractivity (Wildman–Crippen MR) is 91.1 cm³/mol. The summed E-state index contributed by atoms with van der Waals surface area (Å²) in [7, 11) is -2.82. The Bertz CT molecular complexity index is 728. The number of ketones is 1. The Morgan fingerprint density at radius 3 is 2.13 bits per heavy atom. The summed E-state index contributed by atoms with van der Waals surface area (Å²) >= 11 is 0. The highest BCUT2D eigenvalue weighted by Gasteiger charge is 2.63. The minimum atomic E-state index is -2.82. The lowest BCUT2D eigenvalue weighted by atomic mass is 9.90. The number of hydrogen-bond donors (Lipinski definition) is 0. The molecule has 2 unspecified atom stereocenters. The Kier molecular flexibility index (Phi) is 3.51. The van der Waals surface area contributed by atoms with Crippen molar-refractivity contribution in [3.8, 4) is 0 Å². The Balaban J connectivity index is 1.76. The largest absolute Gasteiger partial charge is 0.357 e. The van der Waals surface area contributed by atoms with E-state index in [9.17, 15) is 9.36 Å². The standard InChI is InChI=1S/C19H19O3P/c20-17-12-7-13-19(18(17)22-19)14-23(21,15-8-3-1-4-9-15)16-10-5-2-6-11-16/h1-6,8-11,18H,7,12-14H2. The molecule has 1 saturated carbocycles. The van der Waals surface area contributed by atoms with Crippen molar-refractivity contribution >= 4 is 23.5 Å². The first-order valence-corrected chi connectivity index (χ1v) is 9.94. The van der Waals surface area contributed by atoms with Crippen molar-refractivity contribution in [2.75, 3.05) is 6.16 Å². The second kappa shape index (κ2) is 5.43. The Hall–Kier alpha value is -1.70. The molecule has 118 valence electrons. The van der Waals surface area contributed by atoms with E-state index in [1.54, 1.807) is 0 Å². The minimum Gasteiger partial charge on any atom is -0.357 e. The molecule has 2 atom stereocenters. The van der Waals surface area contributed by atoms with Crippen LogP contribution in [0.5, 0.6) is 0 Å². The number of hydrogen-bond acceptors (Lipinski definition) is 3. The highest BCUT2D eigenvalue weighted by atomic mass is 31.2. The molecule has 4 rings (SSSR count). The van der Waals surface area contributed by atoms with E-state index >= 15 is 0 Å². The molecule has 0 radical (unpaired) electrons. The van der Waals surface area contributed by atoms with Gasteiger partial charge in [-0.2, -0.15) is 0 Å². The average Bonchev–Trinajstić information content (AvgIpc) is 3.32. The molecule has 1 saturated heterocycles. The highest BCUT2D eigenvalue weighted by Crippen LogP contribution is 2.56. The maximum absolute atomic E-state index is 14.0. The lowest BCUT2D eigenvalue weighted by Gasteiger charge is -2.25. The van der Waals surface area contributed by atoms with Gasteiger partial charge in [-0.1, -0.05) is 60.7 Å². The Labute approximate surface area is 136 Å². The van der Waals surface area contributed by atoms with E-state index in [-0.39, 0.29) is 11.9 Å². The summed E-state index contributed by atoms with van der Waals surface area (Å²) in [5, 5.41) is 1.68. The number of fused-ring (bicyclic) bond motifs is 1. The average molecular weight is 326 g/mol. The van der Waals surface area contributed by atoms with Crippen molar-refractivity contribution in [3.05, 3.63) is 60.7 Å². The first-order chi connectivity index (χ1) is 11.1. The SMILES string of the molecule is O=C1CCCC2(CP(=O)(c3ccccc3)c3ccccc3)OC12. The fourth-order valence-electron chi connectivity index (χ4n) is 3.69. The molecule has 2 aliphatic rings.